The molecule has 3 rings (SSSR count). The highest BCUT2D eigenvalue weighted by atomic mass is 127. The Kier molecular flexibility index (Phi) is 8.10. The molecule has 0 radical (unpaired) electrons. The van der Waals surface area contributed by atoms with Gasteiger partial charge in [-0.25, -0.2) is 0 Å². The molecule has 134 valence electrons. The Morgan fingerprint density at radius 1 is 1.42 bits per heavy atom. The summed E-state index contributed by atoms with van der Waals surface area (Å²) in [5.74, 6) is 0.881. The van der Waals surface area contributed by atoms with Crippen LogP contribution in [0, 0.1) is 0 Å². The fourth-order valence-corrected chi connectivity index (χ4v) is 3.95. The lowest BCUT2D eigenvalue weighted by atomic mass is 9.96. The number of fused-ring (bicyclic) bond motifs is 2. The Hall–Kier alpha value is -0.0500. The lowest BCUT2D eigenvalue weighted by Gasteiger charge is -2.22. The second-order valence-corrected chi connectivity index (χ2v) is 7.40. The van der Waals surface area contributed by atoms with Crippen molar-refractivity contribution in [2.75, 3.05) is 13.1 Å². The quantitative estimate of drug-likeness (QED) is 0.343. The molecule has 2 fully saturated rings. The summed E-state index contributed by atoms with van der Waals surface area (Å²) in [4.78, 5) is 4.70. The summed E-state index contributed by atoms with van der Waals surface area (Å²) in [6.45, 7) is 3.66. The van der Waals surface area contributed by atoms with Gasteiger partial charge in [0.1, 0.15) is 0 Å². The molecule has 2 N–H and O–H groups in total. The van der Waals surface area contributed by atoms with Gasteiger partial charge in [0.2, 0.25) is 0 Å². The van der Waals surface area contributed by atoms with Gasteiger partial charge in [-0.05, 0) is 56.4 Å². The molecule has 3 atom stereocenters. The minimum atomic E-state index is 0. The molecule has 1 aromatic carbocycles. The summed E-state index contributed by atoms with van der Waals surface area (Å²) in [5, 5.41) is 7.62. The van der Waals surface area contributed by atoms with Crippen molar-refractivity contribution in [1.82, 2.24) is 10.6 Å². The molecule has 7 heteroatoms. The molecular weight excluding hydrogens is 504 g/mol. The summed E-state index contributed by atoms with van der Waals surface area (Å²) in [6.07, 6.45) is 5.12. The Morgan fingerprint density at radius 3 is 2.92 bits per heavy atom. The molecule has 0 aromatic heterocycles. The van der Waals surface area contributed by atoms with Crippen LogP contribution < -0.4 is 10.6 Å². The molecule has 2 aliphatic rings. The van der Waals surface area contributed by atoms with E-state index in [2.05, 4.69) is 33.5 Å². The van der Waals surface area contributed by atoms with Crippen LogP contribution in [0.25, 0.3) is 0 Å². The van der Waals surface area contributed by atoms with E-state index in [1.54, 1.807) is 0 Å². The standard InChI is InChI=1S/C17H23BrClN3O.HI/c1-2-20-17(22-15-10-13-4-6-16(15)23-13)21-8-7-11-9-12(19)3-5-14(11)18;/h3,5,9,13,15-16H,2,4,6-8,10H2,1H3,(H2,20,21,22);1H. The Labute approximate surface area is 174 Å². The molecule has 2 aliphatic heterocycles. The minimum absolute atomic E-state index is 0. The van der Waals surface area contributed by atoms with E-state index in [-0.39, 0.29) is 24.0 Å². The number of rotatable bonds is 5. The predicted molar refractivity (Wildman–Crippen MR) is 114 cm³/mol. The first kappa shape index (κ1) is 20.3. The molecule has 0 spiro atoms. The van der Waals surface area contributed by atoms with Crippen molar-refractivity contribution >= 4 is 57.5 Å². The summed E-state index contributed by atoms with van der Waals surface area (Å²) in [7, 11) is 0. The number of hydrogen-bond donors (Lipinski definition) is 2. The summed E-state index contributed by atoms with van der Waals surface area (Å²) in [5.41, 5.74) is 1.18. The maximum Gasteiger partial charge on any atom is 0.191 e. The number of hydrogen-bond acceptors (Lipinski definition) is 2. The fourth-order valence-electron chi connectivity index (χ4n) is 3.31. The average molecular weight is 529 g/mol. The molecule has 1 aromatic rings. The number of ether oxygens (including phenoxy) is 1. The van der Waals surface area contributed by atoms with E-state index in [1.807, 2.05) is 18.2 Å². The number of benzene rings is 1. The van der Waals surface area contributed by atoms with Gasteiger partial charge in [-0.2, -0.15) is 0 Å². The van der Waals surface area contributed by atoms with Gasteiger partial charge in [0.05, 0.1) is 18.2 Å². The maximum absolute atomic E-state index is 6.06. The van der Waals surface area contributed by atoms with Crippen LogP contribution in [0.3, 0.4) is 0 Å². The first-order valence-electron chi connectivity index (χ1n) is 8.30. The highest BCUT2D eigenvalue weighted by Gasteiger charge is 2.41. The van der Waals surface area contributed by atoms with Crippen molar-refractivity contribution in [2.45, 2.75) is 50.9 Å². The molecular formula is C17H24BrClIN3O. The van der Waals surface area contributed by atoms with E-state index in [4.69, 9.17) is 21.3 Å². The molecule has 3 unspecified atom stereocenters. The van der Waals surface area contributed by atoms with Crippen LogP contribution in [0.1, 0.15) is 31.7 Å². The van der Waals surface area contributed by atoms with Crippen LogP contribution in [0.15, 0.2) is 27.7 Å². The van der Waals surface area contributed by atoms with Crippen LogP contribution in [0.4, 0.5) is 0 Å². The Morgan fingerprint density at radius 2 is 2.25 bits per heavy atom. The van der Waals surface area contributed by atoms with Crippen molar-refractivity contribution in [1.29, 1.82) is 0 Å². The van der Waals surface area contributed by atoms with E-state index in [0.717, 1.165) is 47.8 Å². The molecule has 24 heavy (non-hydrogen) atoms. The zero-order valence-electron chi connectivity index (χ0n) is 13.7. The van der Waals surface area contributed by atoms with Crippen molar-refractivity contribution in [3.05, 3.63) is 33.3 Å². The van der Waals surface area contributed by atoms with Gasteiger partial charge in [0.25, 0.3) is 0 Å². The second kappa shape index (κ2) is 9.59. The Bertz CT molecular complexity index is 587. The number of halogens is 3. The third-order valence-electron chi connectivity index (χ3n) is 4.43. The lowest BCUT2D eigenvalue weighted by Crippen LogP contribution is -2.47. The average Bonchev–Trinajstić information content (AvgIpc) is 3.13. The van der Waals surface area contributed by atoms with Gasteiger partial charge in [-0.1, -0.05) is 27.5 Å². The number of guanidine groups is 1. The lowest BCUT2D eigenvalue weighted by molar-refractivity contribution is 0.0992. The summed E-state index contributed by atoms with van der Waals surface area (Å²) >= 11 is 9.63. The predicted octanol–water partition coefficient (Wildman–Crippen LogP) is 4.14. The monoisotopic (exact) mass is 527 g/mol. The van der Waals surface area contributed by atoms with E-state index >= 15 is 0 Å². The summed E-state index contributed by atoms with van der Waals surface area (Å²) in [6, 6.07) is 6.26. The van der Waals surface area contributed by atoms with Crippen LogP contribution in [0.5, 0.6) is 0 Å². The Balaban J connectivity index is 0.00000208. The van der Waals surface area contributed by atoms with Crippen LogP contribution in [-0.4, -0.2) is 37.3 Å². The van der Waals surface area contributed by atoms with E-state index in [1.165, 1.54) is 12.0 Å². The topological polar surface area (TPSA) is 45.7 Å². The molecule has 0 saturated carbocycles. The van der Waals surface area contributed by atoms with Crippen LogP contribution in [-0.2, 0) is 11.2 Å². The van der Waals surface area contributed by atoms with Crippen molar-refractivity contribution in [3.8, 4) is 0 Å². The highest BCUT2D eigenvalue weighted by molar-refractivity contribution is 14.0. The number of nitrogens with one attached hydrogen (secondary N) is 2. The van der Waals surface area contributed by atoms with Gasteiger partial charge in [-0.3, -0.25) is 4.99 Å². The fraction of sp³-hybridized carbons (Fsp3) is 0.588. The number of nitrogens with zero attached hydrogens (tertiary/aromatic N) is 1. The molecule has 2 bridgehead atoms. The van der Waals surface area contributed by atoms with Gasteiger partial charge in [0, 0.05) is 22.6 Å². The third kappa shape index (κ3) is 5.22. The van der Waals surface area contributed by atoms with E-state index < -0.39 is 0 Å². The smallest absolute Gasteiger partial charge is 0.191 e. The largest absolute Gasteiger partial charge is 0.373 e. The van der Waals surface area contributed by atoms with Crippen LogP contribution in [0.2, 0.25) is 5.02 Å². The van der Waals surface area contributed by atoms with E-state index in [0.29, 0.717) is 18.2 Å². The van der Waals surface area contributed by atoms with Gasteiger partial charge in [0.15, 0.2) is 5.96 Å². The maximum atomic E-state index is 6.06. The second-order valence-electron chi connectivity index (χ2n) is 6.11. The van der Waals surface area contributed by atoms with Crippen molar-refractivity contribution in [2.24, 2.45) is 4.99 Å². The van der Waals surface area contributed by atoms with Gasteiger partial charge in [-0.15, -0.1) is 24.0 Å². The molecule has 2 heterocycles. The minimum Gasteiger partial charge on any atom is -0.373 e. The van der Waals surface area contributed by atoms with Crippen molar-refractivity contribution in [3.63, 3.8) is 0 Å². The zero-order chi connectivity index (χ0) is 16.2. The van der Waals surface area contributed by atoms with E-state index in [9.17, 15) is 0 Å². The normalized spacial score (nSPS) is 25.5. The summed E-state index contributed by atoms with van der Waals surface area (Å²) < 4.78 is 6.98. The van der Waals surface area contributed by atoms with Gasteiger partial charge < -0.3 is 15.4 Å². The van der Waals surface area contributed by atoms with Crippen LogP contribution >= 0.6 is 51.5 Å². The zero-order valence-corrected chi connectivity index (χ0v) is 18.4. The van der Waals surface area contributed by atoms with Crippen molar-refractivity contribution < 1.29 is 4.74 Å². The molecule has 4 nitrogen and oxygen atoms in total. The highest BCUT2D eigenvalue weighted by Crippen LogP contribution is 2.34. The molecule has 2 saturated heterocycles. The molecule has 0 aliphatic carbocycles. The molecule has 0 amide bonds. The van der Waals surface area contributed by atoms with Gasteiger partial charge >= 0.3 is 0 Å². The number of aliphatic imine (C=N–C) groups is 1. The first-order chi connectivity index (χ1) is 11.2. The first-order valence-corrected chi connectivity index (χ1v) is 9.47. The third-order valence-corrected chi connectivity index (χ3v) is 5.44. The SMILES string of the molecule is CCNC(=NCCc1cc(Cl)ccc1Br)NC1CC2CCC1O2.I.